The lowest BCUT2D eigenvalue weighted by atomic mass is 9.92. The molecule has 1 fully saturated rings. The van der Waals surface area contributed by atoms with E-state index in [1.807, 2.05) is 0 Å². The van der Waals surface area contributed by atoms with E-state index in [0.717, 1.165) is 12.0 Å². The van der Waals surface area contributed by atoms with Gasteiger partial charge >= 0.3 is 0 Å². The Hall–Kier alpha value is -0.0400. The zero-order chi connectivity index (χ0) is 6.15. The van der Waals surface area contributed by atoms with Gasteiger partial charge in [0.15, 0.2) is 0 Å². The van der Waals surface area contributed by atoms with E-state index in [9.17, 15) is 0 Å². The Bertz CT molecular complexity index is 80.5. The first-order valence-electron chi connectivity index (χ1n) is 3.60. The van der Waals surface area contributed by atoms with Crippen LogP contribution in [0, 0.1) is 5.92 Å². The van der Waals surface area contributed by atoms with Gasteiger partial charge in [0.2, 0.25) is 0 Å². The predicted molar refractivity (Wildman–Crippen MR) is 35.0 cm³/mol. The van der Waals surface area contributed by atoms with Crippen molar-refractivity contribution >= 4 is 0 Å². The molecule has 8 heavy (non-hydrogen) atoms. The van der Waals surface area contributed by atoms with Gasteiger partial charge in [-0.1, -0.05) is 6.92 Å². The highest BCUT2D eigenvalue weighted by Gasteiger charge is 2.34. The lowest BCUT2D eigenvalue weighted by molar-refractivity contribution is -0.974. The molecule has 1 aliphatic heterocycles. The molecule has 1 heterocycles. The minimum Gasteiger partial charge on any atom is -0.332 e. The molecule has 1 rings (SSSR count). The van der Waals surface area contributed by atoms with Gasteiger partial charge < -0.3 is 4.90 Å². The Morgan fingerprint density at radius 2 is 2.12 bits per heavy atom. The highest BCUT2D eigenvalue weighted by Crippen LogP contribution is 2.03. The normalized spacial score (nSPS) is 46.1. The van der Waals surface area contributed by atoms with Crippen LogP contribution in [0.2, 0.25) is 0 Å². The third-order valence-corrected chi connectivity index (χ3v) is 2.54. The molecule has 3 atom stereocenters. The van der Waals surface area contributed by atoms with E-state index in [-0.39, 0.29) is 0 Å². The number of likely N-dealkylation sites (tertiary alicyclic amines) is 1. The molecule has 1 nitrogen and oxygen atoms in total. The summed E-state index contributed by atoms with van der Waals surface area (Å²) >= 11 is 0. The molecule has 0 radical (unpaired) electrons. The van der Waals surface area contributed by atoms with Gasteiger partial charge in [0, 0.05) is 0 Å². The lowest BCUT2D eigenvalue weighted by Gasteiger charge is -2.39. The van der Waals surface area contributed by atoms with Crippen molar-refractivity contribution in [3.05, 3.63) is 0 Å². The number of hydrogen-bond donors (Lipinski definition) is 1. The summed E-state index contributed by atoms with van der Waals surface area (Å²) in [5.74, 6) is 0.977. The van der Waals surface area contributed by atoms with Gasteiger partial charge in [0.05, 0.1) is 25.0 Å². The fourth-order valence-corrected chi connectivity index (χ4v) is 1.48. The summed E-state index contributed by atoms with van der Waals surface area (Å²) < 4.78 is 0. The van der Waals surface area contributed by atoms with Crippen molar-refractivity contribution in [2.24, 2.45) is 5.92 Å². The second kappa shape index (κ2) is 2.06. The number of quaternary nitrogens is 1. The molecule has 0 aromatic heterocycles. The van der Waals surface area contributed by atoms with Crippen molar-refractivity contribution in [1.82, 2.24) is 0 Å². The van der Waals surface area contributed by atoms with E-state index in [0.29, 0.717) is 0 Å². The maximum Gasteiger partial charge on any atom is 0.0926 e. The van der Waals surface area contributed by atoms with Crippen LogP contribution >= 0.6 is 0 Å². The Kier molecular flexibility index (Phi) is 1.57. The maximum absolute atomic E-state index is 2.34. The van der Waals surface area contributed by atoms with Gasteiger partial charge in [-0.3, -0.25) is 0 Å². The van der Waals surface area contributed by atoms with Gasteiger partial charge in [-0.05, 0) is 13.8 Å². The van der Waals surface area contributed by atoms with Gasteiger partial charge in [0.25, 0.3) is 0 Å². The molecule has 0 aromatic rings. The van der Waals surface area contributed by atoms with Crippen molar-refractivity contribution < 1.29 is 4.90 Å². The van der Waals surface area contributed by atoms with Crippen LogP contribution in [-0.2, 0) is 0 Å². The average Bonchev–Trinajstić information content (AvgIpc) is 1.81. The first-order chi connectivity index (χ1) is 3.75. The van der Waals surface area contributed by atoms with E-state index in [1.165, 1.54) is 13.1 Å². The van der Waals surface area contributed by atoms with Crippen LogP contribution in [0.4, 0.5) is 0 Å². The van der Waals surface area contributed by atoms with Crippen LogP contribution in [0.15, 0.2) is 0 Å². The summed E-state index contributed by atoms with van der Waals surface area (Å²) in [7, 11) is 0. The number of rotatable bonds is 1. The second-order valence-corrected chi connectivity index (χ2v) is 2.98. The Morgan fingerprint density at radius 3 is 2.25 bits per heavy atom. The van der Waals surface area contributed by atoms with E-state index in [2.05, 4.69) is 20.8 Å². The predicted octanol–water partition coefficient (Wildman–Crippen LogP) is -0.0706. The first-order valence-corrected chi connectivity index (χ1v) is 3.60. The van der Waals surface area contributed by atoms with Gasteiger partial charge in [-0.2, -0.15) is 0 Å². The summed E-state index contributed by atoms with van der Waals surface area (Å²) in [5, 5.41) is 0. The molecular formula is C7H16N+. The van der Waals surface area contributed by atoms with E-state index >= 15 is 0 Å². The van der Waals surface area contributed by atoms with E-state index < -0.39 is 0 Å². The highest BCUT2D eigenvalue weighted by molar-refractivity contribution is 4.65. The molecule has 0 spiro atoms. The zero-order valence-electron chi connectivity index (χ0n) is 6.07. The monoisotopic (exact) mass is 114 g/mol. The maximum atomic E-state index is 2.34. The third-order valence-electron chi connectivity index (χ3n) is 2.54. The smallest absolute Gasteiger partial charge is 0.0926 e. The average molecular weight is 114 g/mol. The van der Waals surface area contributed by atoms with Crippen molar-refractivity contribution in [2.75, 3.05) is 13.1 Å². The summed E-state index contributed by atoms with van der Waals surface area (Å²) in [5.41, 5.74) is 0. The molecule has 0 bridgehead atoms. The van der Waals surface area contributed by atoms with Gasteiger partial charge in [-0.25, -0.2) is 0 Å². The third kappa shape index (κ3) is 0.752. The van der Waals surface area contributed by atoms with Gasteiger partial charge in [0.1, 0.15) is 0 Å². The molecule has 0 saturated carbocycles. The lowest BCUT2D eigenvalue weighted by Crippen LogP contribution is -3.23. The molecule has 1 saturated heterocycles. The van der Waals surface area contributed by atoms with E-state index in [4.69, 9.17) is 0 Å². The van der Waals surface area contributed by atoms with Crippen LogP contribution in [-0.4, -0.2) is 19.1 Å². The Morgan fingerprint density at radius 1 is 1.50 bits per heavy atom. The van der Waals surface area contributed by atoms with Crippen LogP contribution in [0.1, 0.15) is 20.8 Å². The summed E-state index contributed by atoms with van der Waals surface area (Å²) in [6, 6.07) is 0.931. The number of hydrogen-bond acceptors (Lipinski definition) is 0. The van der Waals surface area contributed by atoms with Crippen molar-refractivity contribution in [3.8, 4) is 0 Å². The Balaban J connectivity index is 2.25. The Labute approximate surface area is 51.7 Å². The SMILES string of the molecule is CC[NH+]1CC(C)C1C. The molecule has 0 aromatic carbocycles. The van der Waals surface area contributed by atoms with Crippen LogP contribution in [0.3, 0.4) is 0 Å². The van der Waals surface area contributed by atoms with E-state index in [1.54, 1.807) is 4.90 Å². The standard InChI is InChI=1S/C7H15N/c1-4-8-5-6(2)7(8)3/h6-7H,4-5H2,1-3H3/p+1. The molecule has 1 aliphatic rings. The highest BCUT2D eigenvalue weighted by atomic mass is 15.2. The molecule has 0 amide bonds. The summed E-state index contributed by atoms with van der Waals surface area (Å²) in [4.78, 5) is 1.78. The van der Waals surface area contributed by atoms with Crippen LogP contribution < -0.4 is 4.90 Å². The topological polar surface area (TPSA) is 4.44 Å². The minimum atomic E-state index is 0.931. The van der Waals surface area contributed by atoms with Gasteiger partial charge in [-0.15, -0.1) is 0 Å². The molecule has 48 valence electrons. The second-order valence-electron chi connectivity index (χ2n) is 2.98. The zero-order valence-corrected chi connectivity index (χ0v) is 6.07. The summed E-state index contributed by atoms with van der Waals surface area (Å²) in [6.07, 6.45) is 0. The first kappa shape index (κ1) is 6.09. The quantitative estimate of drug-likeness (QED) is 0.487. The summed E-state index contributed by atoms with van der Waals surface area (Å²) in [6.45, 7) is 9.65. The minimum absolute atomic E-state index is 0.931. The molecule has 1 heteroatoms. The molecule has 0 aliphatic carbocycles. The number of nitrogens with one attached hydrogen (secondary N) is 1. The molecule has 3 unspecified atom stereocenters. The molecule has 1 N–H and O–H groups in total. The molecular weight excluding hydrogens is 98.1 g/mol. The van der Waals surface area contributed by atoms with Crippen LogP contribution in [0.25, 0.3) is 0 Å². The largest absolute Gasteiger partial charge is 0.332 e. The fourth-order valence-electron chi connectivity index (χ4n) is 1.48. The van der Waals surface area contributed by atoms with Crippen LogP contribution in [0.5, 0.6) is 0 Å². The van der Waals surface area contributed by atoms with Crippen molar-refractivity contribution in [3.63, 3.8) is 0 Å². The van der Waals surface area contributed by atoms with Crippen molar-refractivity contribution in [2.45, 2.75) is 26.8 Å². The van der Waals surface area contributed by atoms with Crippen molar-refractivity contribution in [1.29, 1.82) is 0 Å². The fraction of sp³-hybridized carbons (Fsp3) is 1.00.